The molecule has 1 aliphatic carbocycles. The Labute approximate surface area is 195 Å². The van der Waals surface area contributed by atoms with E-state index in [0.29, 0.717) is 42.7 Å². The number of nitrogens with zero attached hydrogens (tertiary/aromatic N) is 5. The quantitative estimate of drug-likeness (QED) is 0.543. The third-order valence-corrected chi connectivity index (χ3v) is 6.92. The van der Waals surface area contributed by atoms with Crippen molar-refractivity contribution >= 4 is 23.0 Å². The molecule has 9 nitrogen and oxygen atoms in total. The van der Waals surface area contributed by atoms with Gasteiger partial charge in [-0.15, -0.1) is 0 Å². The van der Waals surface area contributed by atoms with Crippen LogP contribution in [0.4, 0.5) is 10.1 Å². The number of pyridine rings is 1. The molecule has 2 aliphatic rings. The van der Waals surface area contributed by atoms with Crippen LogP contribution in [0.5, 0.6) is 0 Å². The van der Waals surface area contributed by atoms with E-state index in [-0.39, 0.29) is 23.4 Å². The van der Waals surface area contributed by atoms with Crippen molar-refractivity contribution in [2.24, 2.45) is 17.1 Å². The lowest BCUT2D eigenvalue weighted by atomic mass is 10.00. The summed E-state index contributed by atoms with van der Waals surface area (Å²) in [7, 11) is 0. The SMILES string of the molecule is CC[C@@H]1CN(C(=O)C2(C#N)CC2)C[C@H]1Nc1c(C(N)=O)cnn2cc(-c3ccc(F)nc3)cc12. The summed E-state index contributed by atoms with van der Waals surface area (Å²) in [6.07, 6.45) is 6.65. The summed E-state index contributed by atoms with van der Waals surface area (Å²) in [4.78, 5) is 30.7. The second-order valence-electron chi connectivity index (χ2n) is 9.05. The van der Waals surface area contributed by atoms with Gasteiger partial charge in [-0.25, -0.2) is 9.50 Å². The Balaban J connectivity index is 1.50. The molecule has 0 bridgehead atoms. The highest BCUT2D eigenvalue weighted by molar-refractivity contribution is 6.02. The number of nitrogens with one attached hydrogen (secondary N) is 1. The van der Waals surface area contributed by atoms with Gasteiger partial charge in [-0.2, -0.15) is 14.8 Å². The molecular formula is C24H24FN7O2. The standard InChI is InChI=1S/C24H24FN7O2/c1-2-14-10-31(23(34)24(13-26)5-6-24)12-18(14)30-21-17(22(27)33)9-29-32-11-16(7-19(21)32)15-3-4-20(25)28-8-15/h3-4,7-9,11,14,18,30H,2,5-6,10,12H2,1H3,(H2,27,33)/t14-,18-/m1/s1. The first-order valence-electron chi connectivity index (χ1n) is 11.3. The number of fused-ring (bicyclic) bond motifs is 1. The molecule has 174 valence electrons. The first-order chi connectivity index (χ1) is 16.3. The van der Waals surface area contributed by atoms with E-state index in [1.54, 1.807) is 21.7 Å². The minimum atomic E-state index is -0.866. The zero-order valence-electron chi connectivity index (χ0n) is 18.7. The van der Waals surface area contributed by atoms with Crippen molar-refractivity contribution in [3.8, 4) is 17.2 Å². The molecule has 0 aromatic carbocycles. The zero-order chi connectivity index (χ0) is 24.0. The number of carbonyl (C=O) groups is 2. The largest absolute Gasteiger partial charge is 0.378 e. The number of nitrogens with two attached hydrogens (primary N) is 1. The van der Waals surface area contributed by atoms with E-state index in [9.17, 15) is 19.2 Å². The molecule has 2 fully saturated rings. The molecular weight excluding hydrogens is 437 g/mol. The van der Waals surface area contributed by atoms with Gasteiger partial charge in [0.1, 0.15) is 5.41 Å². The summed E-state index contributed by atoms with van der Waals surface area (Å²) < 4.78 is 14.9. The monoisotopic (exact) mass is 461 g/mol. The van der Waals surface area contributed by atoms with Crippen molar-refractivity contribution in [1.82, 2.24) is 19.5 Å². The lowest BCUT2D eigenvalue weighted by Crippen LogP contribution is -2.36. The number of carbonyl (C=O) groups excluding carboxylic acids is 2. The van der Waals surface area contributed by atoms with Gasteiger partial charge in [0, 0.05) is 42.7 Å². The van der Waals surface area contributed by atoms with E-state index in [0.717, 1.165) is 12.0 Å². The van der Waals surface area contributed by atoms with Crippen LogP contribution in [0.2, 0.25) is 0 Å². The van der Waals surface area contributed by atoms with Crippen molar-refractivity contribution in [1.29, 1.82) is 5.26 Å². The van der Waals surface area contributed by atoms with Crippen molar-refractivity contribution < 1.29 is 14.0 Å². The van der Waals surface area contributed by atoms with Crippen molar-refractivity contribution in [3.05, 3.63) is 48.3 Å². The first-order valence-corrected chi connectivity index (χ1v) is 11.3. The molecule has 0 unspecified atom stereocenters. The molecule has 3 aromatic heterocycles. The van der Waals surface area contributed by atoms with Crippen molar-refractivity contribution in [2.45, 2.75) is 32.2 Å². The van der Waals surface area contributed by atoms with Crippen LogP contribution in [-0.2, 0) is 4.79 Å². The van der Waals surface area contributed by atoms with Crippen LogP contribution >= 0.6 is 0 Å². The number of primary amides is 1. The molecule has 4 heterocycles. The van der Waals surface area contributed by atoms with Crippen LogP contribution in [0.3, 0.4) is 0 Å². The highest BCUT2D eigenvalue weighted by Crippen LogP contribution is 2.47. The fraction of sp³-hybridized carbons (Fsp3) is 0.375. The van der Waals surface area contributed by atoms with Crippen LogP contribution in [0.15, 0.2) is 36.8 Å². The maximum Gasteiger partial charge on any atom is 0.252 e. The summed E-state index contributed by atoms with van der Waals surface area (Å²) in [6.45, 7) is 3.04. The molecule has 0 radical (unpaired) electrons. The number of likely N-dealkylation sites (tertiary alicyclic amines) is 1. The van der Waals surface area contributed by atoms with E-state index in [1.807, 2.05) is 6.07 Å². The number of anilines is 1. The van der Waals surface area contributed by atoms with Crippen molar-refractivity contribution in [3.63, 3.8) is 0 Å². The van der Waals surface area contributed by atoms with Gasteiger partial charge in [-0.3, -0.25) is 9.59 Å². The minimum absolute atomic E-state index is 0.110. The second-order valence-corrected chi connectivity index (χ2v) is 9.05. The number of nitriles is 1. The number of rotatable bonds is 6. The molecule has 34 heavy (non-hydrogen) atoms. The van der Waals surface area contributed by atoms with Crippen LogP contribution in [0.25, 0.3) is 16.6 Å². The average Bonchev–Trinajstić information content (AvgIpc) is 3.34. The Morgan fingerprint density at radius 2 is 2.09 bits per heavy atom. The number of hydrogen-bond donors (Lipinski definition) is 2. The number of hydrogen-bond acceptors (Lipinski definition) is 6. The Morgan fingerprint density at radius 1 is 1.29 bits per heavy atom. The van der Waals surface area contributed by atoms with Crippen LogP contribution in [-0.4, -0.2) is 50.4 Å². The van der Waals surface area contributed by atoms with Crippen LogP contribution < -0.4 is 11.1 Å². The topological polar surface area (TPSA) is 129 Å². The minimum Gasteiger partial charge on any atom is -0.378 e. The highest BCUT2D eigenvalue weighted by Gasteiger charge is 2.54. The van der Waals surface area contributed by atoms with Crippen LogP contribution in [0.1, 0.15) is 36.5 Å². The summed E-state index contributed by atoms with van der Waals surface area (Å²) in [5.74, 6) is -1.16. The normalized spacial score (nSPS) is 20.8. The van der Waals surface area contributed by atoms with Gasteiger partial charge >= 0.3 is 0 Å². The Morgan fingerprint density at radius 3 is 2.71 bits per heavy atom. The molecule has 1 aliphatic heterocycles. The van der Waals surface area contributed by atoms with E-state index >= 15 is 0 Å². The fourth-order valence-electron chi connectivity index (χ4n) is 4.70. The molecule has 10 heteroatoms. The summed E-state index contributed by atoms with van der Waals surface area (Å²) in [5.41, 5.74) is 7.65. The Kier molecular flexibility index (Phi) is 5.20. The smallest absolute Gasteiger partial charge is 0.252 e. The van der Waals surface area contributed by atoms with E-state index in [2.05, 4.69) is 28.4 Å². The van der Waals surface area contributed by atoms with Gasteiger partial charge in [0.25, 0.3) is 5.91 Å². The summed E-state index contributed by atoms with van der Waals surface area (Å²) in [5, 5.41) is 17.2. The maximum atomic E-state index is 13.3. The summed E-state index contributed by atoms with van der Waals surface area (Å²) in [6, 6.07) is 6.80. The molecule has 2 atom stereocenters. The Bertz CT molecular complexity index is 1320. The Hall–Kier alpha value is -4.00. The molecule has 5 rings (SSSR count). The van der Waals surface area contributed by atoms with E-state index < -0.39 is 17.3 Å². The van der Waals surface area contributed by atoms with Gasteiger partial charge in [0.05, 0.1) is 29.0 Å². The van der Waals surface area contributed by atoms with Gasteiger partial charge in [0.15, 0.2) is 0 Å². The lowest BCUT2D eigenvalue weighted by molar-refractivity contribution is -0.134. The van der Waals surface area contributed by atoms with Gasteiger partial charge in [-0.05, 0) is 43.4 Å². The average molecular weight is 462 g/mol. The van der Waals surface area contributed by atoms with Crippen molar-refractivity contribution in [2.75, 3.05) is 18.4 Å². The third-order valence-electron chi connectivity index (χ3n) is 6.92. The number of halogens is 1. The molecule has 0 spiro atoms. The maximum absolute atomic E-state index is 13.3. The fourth-order valence-corrected chi connectivity index (χ4v) is 4.70. The summed E-state index contributed by atoms with van der Waals surface area (Å²) >= 11 is 0. The molecule has 1 saturated carbocycles. The van der Waals surface area contributed by atoms with Gasteiger partial charge < -0.3 is 16.0 Å². The first kappa shape index (κ1) is 21.8. The van der Waals surface area contributed by atoms with E-state index in [1.165, 1.54) is 18.5 Å². The van der Waals surface area contributed by atoms with Crippen LogP contribution in [0, 0.1) is 28.6 Å². The zero-order valence-corrected chi connectivity index (χ0v) is 18.7. The predicted molar refractivity (Wildman–Crippen MR) is 122 cm³/mol. The van der Waals surface area contributed by atoms with Gasteiger partial charge in [0.2, 0.25) is 11.9 Å². The number of aromatic nitrogens is 3. The molecule has 3 aromatic rings. The lowest BCUT2D eigenvalue weighted by Gasteiger charge is -2.22. The molecule has 1 saturated heterocycles. The number of amides is 2. The second kappa shape index (κ2) is 8.09. The predicted octanol–water partition coefficient (Wildman–Crippen LogP) is 2.59. The molecule has 2 amide bonds. The third kappa shape index (κ3) is 3.63. The van der Waals surface area contributed by atoms with E-state index in [4.69, 9.17) is 5.73 Å². The molecule has 3 N–H and O–H groups in total. The van der Waals surface area contributed by atoms with Gasteiger partial charge in [-0.1, -0.05) is 6.92 Å². The highest BCUT2D eigenvalue weighted by atomic mass is 19.1.